The summed E-state index contributed by atoms with van der Waals surface area (Å²) in [5, 5.41) is 16.8. The van der Waals surface area contributed by atoms with Crippen LogP contribution in [0, 0.1) is 19.8 Å². The fraction of sp³-hybridized carbons (Fsp3) is 0.476. The summed E-state index contributed by atoms with van der Waals surface area (Å²) in [5.41, 5.74) is 3.84. The second-order valence-electron chi connectivity index (χ2n) is 7.33. The molecule has 0 aliphatic rings. The number of carboxylic acids is 1. The van der Waals surface area contributed by atoms with E-state index in [-0.39, 0.29) is 12.5 Å². The third-order valence-electron chi connectivity index (χ3n) is 4.67. The molecule has 1 aromatic heterocycles. The lowest BCUT2D eigenvalue weighted by atomic mass is 9.99. The van der Waals surface area contributed by atoms with Crippen LogP contribution in [0.5, 0.6) is 0 Å². The quantitative estimate of drug-likeness (QED) is 0.709. The number of carbonyl (C=O) groups is 2. The number of benzene rings is 1. The molecule has 1 heterocycles. The lowest BCUT2D eigenvalue weighted by Gasteiger charge is -2.14. The van der Waals surface area contributed by atoms with Gasteiger partial charge in [0.2, 0.25) is 5.91 Å². The van der Waals surface area contributed by atoms with Gasteiger partial charge >= 0.3 is 5.97 Å². The second kappa shape index (κ2) is 9.35. The number of hydrogen-bond donors (Lipinski definition) is 2. The fourth-order valence-corrected chi connectivity index (χ4v) is 3.20. The van der Waals surface area contributed by atoms with E-state index >= 15 is 0 Å². The minimum atomic E-state index is -0.942. The van der Waals surface area contributed by atoms with Gasteiger partial charge in [-0.05, 0) is 37.3 Å². The summed E-state index contributed by atoms with van der Waals surface area (Å²) >= 11 is 0. The van der Waals surface area contributed by atoms with Crippen molar-refractivity contribution in [3.63, 3.8) is 0 Å². The van der Waals surface area contributed by atoms with Crippen molar-refractivity contribution in [2.45, 2.75) is 53.0 Å². The summed E-state index contributed by atoms with van der Waals surface area (Å²) in [4.78, 5) is 23.8. The van der Waals surface area contributed by atoms with E-state index in [1.165, 1.54) is 0 Å². The molecule has 0 aliphatic carbocycles. The Morgan fingerprint density at radius 3 is 2.44 bits per heavy atom. The third-order valence-corrected chi connectivity index (χ3v) is 4.67. The molecule has 1 atom stereocenters. The molecule has 6 heteroatoms. The standard InChI is InChI=1S/C21H29N3O3/c1-14(2)13-24-16(4)18(15(3)23-24)10-11-20(25)22-12-19(21(26)27)17-8-6-5-7-9-17/h5-9,14,19H,10-13H2,1-4H3,(H,22,25)(H,26,27). The van der Waals surface area contributed by atoms with Gasteiger partial charge in [-0.1, -0.05) is 44.2 Å². The molecule has 2 aromatic rings. The lowest BCUT2D eigenvalue weighted by molar-refractivity contribution is -0.138. The second-order valence-corrected chi connectivity index (χ2v) is 7.33. The molecule has 2 N–H and O–H groups in total. The van der Waals surface area contributed by atoms with E-state index < -0.39 is 11.9 Å². The molecule has 146 valence electrons. The van der Waals surface area contributed by atoms with Crippen LogP contribution in [0.4, 0.5) is 0 Å². The molecule has 0 saturated heterocycles. The van der Waals surface area contributed by atoms with Gasteiger partial charge in [0.05, 0.1) is 11.6 Å². The van der Waals surface area contributed by atoms with Gasteiger partial charge in [-0.15, -0.1) is 0 Å². The van der Waals surface area contributed by atoms with Gasteiger partial charge in [0.15, 0.2) is 0 Å². The van der Waals surface area contributed by atoms with Crippen LogP contribution in [0.1, 0.15) is 48.7 Å². The molecule has 1 amide bonds. The average Bonchev–Trinajstić information content (AvgIpc) is 2.86. The molecule has 2 rings (SSSR count). The molecular formula is C21H29N3O3. The molecule has 0 spiro atoms. The first kappa shape index (κ1) is 20.7. The lowest BCUT2D eigenvalue weighted by Crippen LogP contribution is -2.31. The molecule has 6 nitrogen and oxygen atoms in total. The summed E-state index contributed by atoms with van der Waals surface area (Å²) in [6, 6.07) is 8.97. The van der Waals surface area contributed by atoms with E-state index in [4.69, 9.17) is 0 Å². The normalized spacial score (nSPS) is 12.2. The van der Waals surface area contributed by atoms with Crippen LogP contribution in [0.2, 0.25) is 0 Å². The average molecular weight is 371 g/mol. The zero-order valence-corrected chi connectivity index (χ0v) is 16.5. The van der Waals surface area contributed by atoms with Crippen molar-refractivity contribution in [1.29, 1.82) is 0 Å². The highest BCUT2D eigenvalue weighted by Gasteiger charge is 2.20. The summed E-state index contributed by atoms with van der Waals surface area (Å²) < 4.78 is 2.00. The summed E-state index contributed by atoms with van der Waals surface area (Å²) in [6.45, 7) is 9.24. The van der Waals surface area contributed by atoms with Crippen molar-refractivity contribution in [1.82, 2.24) is 15.1 Å². The number of carboxylic acid groups (broad SMARTS) is 1. The number of rotatable bonds is 9. The first-order chi connectivity index (χ1) is 12.8. The minimum absolute atomic E-state index is 0.0861. The summed E-state index contributed by atoms with van der Waals surface area (Å²) in [6.07, 6.45) is 0.918. The molecule has 0 fully saturated rings. The highest BCUT2D eigenvalue weighted by atomic mass is 16.4. The zero-order chi connectivity index (χ0) is 20.0. The number of hydrogen-bond acceptors (Lipinski definition) is 3. The Hall–Kier alpha value is -2.63. The molecule has 0 bridgehead atoms. The Kier molecular flexibility index (Phi) is 7.16. The van der Waals surface area contributed by atoms with Crippen LogP contribution in [0.15, 0.2) is 30.3 Å². The smallest absolute Gasteiger partial charge is 0.312 e. The van der Waals surface area contributed by atoms with Crippen LogP contribution >= 0.6 is 0 Å². The molecule has 1 unspecified atom stereocenters. The fourth-order valence-electron chi connectivity index (χ4n) is 3.20. The highest BCUT2D eigenvalue weighted by molar-refractivity contribution is 5.80. The van der Waals surface area contributed by atoms with E-state index in [0.29, 0.717) is 24.3 Å². The summed E-state index contributed by atoms with van der Waals surface area (Å²) in [7, 11) is 0. The molecule has 1 aromatic carbocycles. The Morgan fingerprint density at radius 1 is 1.19 bits per heavy atom. The van der Waals surface area contributed by atoms with Crippen LogP contribution in [0.25, 0.3) is 0 Å². The topological polar surface area (TPSA) is 84.2 Å². The van der Waals surface area contributed by atoms with E-state index in [2.05, 4.69) is 24.3 Å². The van der Waals surface area contributed by atoms with Gasteiger partial charge in [0.25, 0.3) is 0 Å². The van der Waals surface area contributed by atoms with Crippen molar-refractivity contribution in [2.75, 3.05) is 6.54 Å². The summed E-state index contributed by atoms with van der Waals surface area (Å²) in [5.74, 6) is -1.33. The molecule has 0 aliphatic heterocycles. The molecule has 0 saturated carbocycles. The first-order valence-corrected chi connectivity index (χ1v) is 9.37. The SMILES string of the molecule is Cc1nn(CC(C)C)c(C)c1CCC(=O)NCC(C(=O)O)c1ccccc1. The van der Waals surface area contributed by atoms with Crippen LogP contribution in [-0.2, 0) is 22.6 Å². The van der Waals surface area contributed by atoms with Crippen LogP contribution in [-0.4, -0.2) is 33.3 Å². The van der Waals surface area contributed by atoms with Crippen LogP contribution in [0.3, 0.4) is 0 Å². The Balaban J connectivity index is 1.93. The van der Waals surface area contributed by atoms with Gasteiger partial charge in [-0.25, -0.2) is 0 Å². The van der Waals surface area contributed by atoms with E-state index in [9.17, 15) is 14.7 Å². The molecular weight excluding hydrogens is 342 g/mol. The maximum absolute atomic E-state index is 12.3. The number of nitrogens with zero attached hydrogens (tertiary/aromatic N) is 2. The Labute approximate surface area is 160 Å². The maximum atomic E-state index is 12.3. The van der Waals surface area contributed by atoms with Gasteiger partial charge in [0.1, 0.15) is 0 Å². The van der Waals surface area contributed by atoms with Crippen molar-refractivity contribution in [3.05, 3.63) is 52.8 Å². The van der Waals surface area contributed by atoms with Gasteiger partial charge in [0, 0.05) is 25.2 Å². The van der Waals surface area contributed by atoms with Crippen molar-refractivity contribution >= 4 is 11.9 Å². The number of aliphatic carboxylic acids is 1. The Bertz CT molecular complexity index is 781. The largest absolute Gasteiger partial charge is 0.481 e. The maximum Gasteiger partial charge on any atom is 0.312 e. The third kappa shape index (κ3) is 5.67. The predicted octanol–water partition coefficient (Wildman–Crippen LogP) is 3.07. The predicted molar refractivity (Wildman–Crippen MR) is 105 cm³/mol. The van der Waals surface area contributed by atoms with E-state index in [0.717, 1.165) is 23.5 Å². The minimum Gasteiger partial charge on any atom is -0.481 e. The zero-order valence-electron chi connectivity index (χ0n) is 16.5. The molecule has 0 radical (unpaired) electrons. The van der Waals surface area contributed by atoms with E-state index in [1.54, 1.807) is 24.3 Å². The number of nitrogens with one attached hydrogen (secondary N) is 1. The monoisotopic (exact) mass is 371 g/mol. The van der Waals surface area contributed by atoms with Gasteiger partial charge in [-0.2, -0.15) is 5.10 Å². The van der Waals surface area contributed by atoms with Gasteiger partial charge < -0.3 is 10.4 Å². The Morgan fingerprint density at radius 2 is 1.85 bits per heavy atom. The van der Waals surface area contributed by atoms with Crippen molar-refractivity contribution in [3.8, 4) is 0 Å². The number of carbonyl (C=O) groups excluding carboxylic acids is 1. The highest BCUT2D eigenvalue weighted by Crippen LogP contribution is 2.17. The van der Waals surface area contributed by atoms with Crippen LogP contribution < -0.4 is 5.32 Å². The van der Waals surface area contributed by atoms with Crippen molar-refractivity contribution in [2.24, 2.45) is 5.92 Å². The first-order valence-electron chi connectivity index (χ1n) is 9.37. The number of aryl methyl sites for hydroxylation is 1. The van der Waals surface area contributed by atoms with Crippen molar-refractivity contribution < 1.29 is 14.7 Å². The van der Waals surface area contributed by atoms with Gasteiger partial charge in [-0.3, -0.25) is 14.3 Å². The number of amides is 1. The molecule has 27 heavy (non-hydrogen) atoms. The number of aromatic nitrogens is 2. The van der Waals surface area contributed by atoms with E-state index in [1.807, 2.05) is 24.6 Å².